The van der Waals surface area contributed by atoms with E-state index in [4.69, 9.17) is 54.4 Å². The highest BCUT2D eigenvalue weighted by Crippen LogP contribution is 2.37. The topological polar surface area (TPSA) is 97.8 Å². The summed E-state index contributed by atoms with van der Waals surface area (Å²) in [7, 11) is 1.45. The van der Waals surface area contributed by atoms with Gasteiger partial charge in [-0.25, -0.2) is 4.79 Å². The van der Waals surface area contributed by atoms with Gasteiger partial charge in [0.1, 0.15) is 16.7 Å². The molecule has 2 fully saturated rings. The van der Waals surface area contributed by atoms with Gasteiger partial charge in [-0.05, 0) is 66.1 Å². The summed E-state index contributed by atoms with van der Waals surface area (Å²) in [5, 5.41) is 10.1. The molecular formula is C33H32Cl2N2O7S2. The fourth-order valence-corrected chi connectivity index (χ4v) is 6.54. The number of hydrogen-bond donors (Lipinski definition) is 1. The number of carbonyl (C=O) groups excluding carboxylic acids is 1. The summed E-state index contributed by atoms with van der Waals surface area (Å²) in [5.74, 6) is 0.207. The third-order valence-electron chi connectivity index (χ3n) is 7.37. The number of carbonyl (C=O) groups is 2. The Morgan fingerprint density at radius 3 is 2.48 bits per heavy atom. The van der Waals surface area contributed by atoms with Gasteiger partial charge in [-0.2, -0.15) is 0 Å². The summed E-state index contributed by atoms with van der Waals surface area (Å²) in [5.41, 5.74) is 2.58. The number of thioether (sulfide) groups is 1. The zero-order chi connectivity index (χ0) is 32.6. The molecule has 0 aromatic heterocycles. The fraction of sp³-hybridized carbons (Fsp3) is 0.303. The molecule has 0 unspecified atom stereocenters. The minimum absolute atomic E-state index is 0.101. The molecule has 0 bridgehead atoms. The predicted octanol–water partition coefficient (Wildman–Crippen LogP) is 6.75. The Kier molecular flexibility index (Phi) is 11.8. The SMILES string of the molecule is COc1cc(C(=O)O)ccc1OCCCN1C(=O)/C(=C/c2ccc(OCCN3CCOCC3)c(-c3ccc(Cl)c(Cl)c3)c2)SC1=S. The number of nitrogens with zero attached hydrogens (tertiary/aromatic N) is 2. The molecule has 1 amide bonds. The van der Waals surface area contributed by atoms with Crippen molar-refractivity contribution >= 4 is 69.5 Å². The molecule has 1 N–H and O–H groups in total. The van der Waals surface area contributed by atoms with Gasteiger partial charge < -0.3 is 24.1 Å². The summed E-state index contributed by atoms with van der Waals surface area (Å²) in [4.78, 5) is 28.9. The van der Waals surface area contributed by atoms with E-state index in [1.54, 1.807) is 23.1 Å². The summed E-state index contributed by atoms with van der Waals surface area (Å²) in [6.45, 7) is 5.14. The highest BCUT2D eigenvalue weighted by atomic mass is 35.5. The molecule has 0 saturated carbocycles. The van der Waals surface area contributed by atoms with Crippen molar-refractivity contribution in [2.24, 2.45) is 0 Å². The van der Waals surface area contributed by atoms with Crippen molar-refractivity contribution in [1.29, 1.82) is 0 Å². The van der Waals surface area contributed by atoms with E-state index >= 15 is 0 Å². The number of ether oxygens (including phenoxy) is 4. The maximum Gasteiger partial charge on any atom is 0.335 e. The van der Waals surface area contributed by atoms with Gasteiger partial charge in [-0.15, -0.1) is 0 Å². The first kappa shape index (κ1) is 34.0. The minimum Gasteiger partial charge on any atom is -0.493 e. The summed E-state index contributed by atoms with van der Waals surface area (Å²) in [6.07, 6.45) is 2.32. The van der Waals surface area contributed by atoms with Crippen molar-refractivity contribution in [2.75, 3.05) is 59.7 Å². The molecule has 13 heteroatoms. The van der Waals surface area contributed by atoms with Crippen LogP contribution in [0, 0.1) is 0 Å². The third kappa shape index (κ3) is 8.52. The molecule has 242 valence electrons. The van der Waals surface area contributed by atoms with Crippen molar-refractivity contribution in [2.45, 2.75) is 6.42 Å². The lowest BCUT2D eigenvalue weighted by Gasteiger charge is -2.26. The number of rotatable bonds is 13. The second-order valence-electron chi connectivity index (χ2n) is 10.4. The van der Waals surface area contributed by atoms with Crippen molar-refractivity contribution in [3.05, 3.63) is 80.7 Å². The molecule has 46 heavy (non-hydrogen) atoms. The number of methoxy groups -OCH3 is 1. The Morgan fingerprint density at radius 2 is 1.74 bits per heavy atom. The van der Waals surface area contributed by atoms with Crippen LogP contribution in [0.5, 0.6) is 17.2 Å². The predicted molar refractivity (Wildman–Crippen MR) is 185 cm³/mol. The largest absolute Gasteiger partial charge is 0.493 e. The lowest BCUT2D eigenvalue weighted by atomic mass is 10.0. The summed E-state index contributed by atoms with van der Waals surface area (Å²) in [6, 6.07) is 15.6. The number of hydrogen-bond acceptors (Lipinski definition) is 9. The molecule has 0 radical (unpaired) electrons. The first-order chi connectivity index (χ1) is 22.2. The van der Waals surface area contributed by atoms with Crippen molar-refractivity contribution in [1.82, 2.24) is 9.80 Å². The molecule has 2 heterocycles. The van der Waals surface area contributed by atoms with E-state index in [9.17, 15) is 14.7 Å². The van der Waals surface area contributed by atoms with Crippen LogP contribution < -0.4 is 14.2 Å². The van der Waals surface area contributed by atoms with Crippen LogP contribution in [0.15, 0.2) is 59.5 Å². The van der Waals surface area contributed by atoms with Crippen molar-refractivity contribution in [3.63, 3.8) is 0 Å². The van der Waals surface area contributed by atoms with E-state index in [2.05, 4.69) is 4.90 Å². The monoisotopic (exact) mass is 702 g/mol. The van der Waals surface area contributed by atoms with Crippen LogP contribution in [0.3, 0.4) is 0 Å². The number of aromatic carboxylic acids is 1. The lowest BCUT2D eigenvalue weighted by molar-refractivity contribution is -0.122. The van der Waals surface area contributed by atoms with Crippen molar-refractivity contribution in [3.8, 4) is 28.4 Å². The minimum atomic E-state index is -1.05. The number of thiocarbonyl (C=S) groups is 1. The average molecular weight is 704 g/mol. The number of amides is 1. The zero-order valence-electron chi connectivity index (χ0n) is 25.0. The van der Waals surface area contributed by atoms with E-state index in [-0.39, 0.29) is 18.1 Å². The number of morpholine rings is 1. The standard InChI is InChI=1S/C33H32Cl2N2O7S2/c1-41-29-20-23(32(39)40)5-8-28(29)43-13-2-9-37-31(38)30(46-33(37)45)18-21-3-7-27(44-16-12-36-10-14-42-15-11-36)24(17-21)22-4-6-25(34)26(35)19-22/h3-8,17-20H,2,9-16H2,1H3,(H,39,40)/b30-18-. The van der Waals surface area contributed by atoms with Gasteiger partial charge in [0.05, 0.1) is 47.4 Å². The van der Waals surface area contributed by atoms with Gasteiger partial charge >= 0.3 is 5.97 Å². The first-order valence-corrected chi connectivity index (χ1v) is 16.5. The molecule has 0 spiro atoms. The van der Waals surface area contributed by atoms with Crippen LogP contribution in [-0.4, -0.2) is 90.8 Å². The van der Waals surface area contributed by atoms with Gasteiger partial charge in [0.2, 0.25) is 0 Å². The molecule has 2 saturated heterocycles. The zero-order valence-corrected chi connectivity index (χ0v) is 28.1. The van der Waals surface area contributed by atoms with Crippen LogP contribution in [0.25, 0.3) is 17.2 Å². The normalized spacial score (nSPS) is 16.2. The van der Waals surface area contributed by atoms with Gasteiger partial charge in [0.25, 0.3) is 5.91 Å². The maximum atomic E-state index is 13.3. The molecular weight excluding hydrogens is 671 g/mol. The van der Waals surface area contributed by atoms with Gasteiger partial charge in [-0.1, -0.05) is 59.3 Å². The fourth-order valence-electron chi connectivity index (χ4n) is 4.93. The number of halogens is 2. The van der Waals surface area contributed by atoms with Crippen LogP contribution in [-0.2, 0) is 9.53 Å². The Bertz CT molecular complexity index is 1650. The summed E-state index contributed by atoms with van der Waals surface area (Å²) >= 11 is 19.3. The van der Waals surface area contributed by atoms with Gasteiger partial charge in [0, 0.05) is 31.7 Å². The quantitative estimate of drug-likeness (QED) is 0.117. The van der Waals surface area contributed by atoms with Crippen LogP contribution in [0.1, 0.15) is 22.3 Å². The van der Waals surface area contributed by atoms with E-state index in [0.717, 1.165) is 49.5 Å². The van der Waals surface area contributed by atoms with Crippen LogP contribution >= 0.6 is 47.2 Å². The van der Waals surface area contributed by atoms with Crippen LogP contribution in [0.4, 0.5) is 0 Å². The Morgan fingerprint density at radius 1 is 0.978 bits per heavy atom. The second kappa shape index (κ2) is 16.0. The van der Waals surface area contributed by atoms with E-state index in [1.807, 2.05) is 30.3 Å². The van der Waals surface area contributed by atoms with E-state index in [0.29, 0.717) is 56.1 Å². The number of benzene rings is 3. The Balaban J connectivity index is 1.25. The van der Waals surface area contributed by atoms with Crippen molar-refractivity contribution < 1.29 is 33.6 Å². The lowest BCUT2D eigenvalue weighted by Crippen LogP contribution is -2.38. The van der Waals surface area contributed by atoms with E-state index in [1.165, 1.54) is 31.0 Å². The highest BCUT2D eigenvalue weighted by Gasteiger charge is 2.31. The summed E-state index contributed by atoms with van der Waals surface area (Å²) < 4.78 is 23.2. The third-order valence-corrected chi connectivity index (χ3v) is 9.49. The second-order valence-corrected chi connectivity index (χ2v) is 12.9. The smallest absolute Gasteiger partial charge is 0.335 e. The molecule has 5 rings (SSSR count). The molecule has 3 aromatic carbocycles. The van der Waals surface area contributed by atoms with Gasteiger partial charge in [-0.3, -0.25) is 14.6 Å². The maximum absolute atomic E-state index is 13.3. The molecule has 0 aliphatic carbocycles. The molecule has 3 aromatic rings. The van der Waals surface area contributed by atoms with Gasteiger partial charge in [0.15, 0.2) is 11.5 Å². The van der Waals surface area contributed by atoms with E-state index < -0.39 is 5.97 Å². The number of carboxylic acid groups (broad SMARTS) is 1. The highest BCUT2D eigenvalue weighted by molar-refractivity contribution is 8.26. The van der Waals surface area contributed by atoms with Crippen LogP contribution in [0.2, 0.25) is 10.0 Å². The molecule has 2 aliphatic heterocycles. The average Bonchev–Trinajstić information content (AvgIpc) is 3.32. The molecule has 2 aliphatic rings. The Labute approximate surface area is 286 Å². The molecule has 0 atom stereocenters. The molecule has 9 nitrogen and oxygen atoms in total. The first-order valence-electron chi connectivity index (χ1n) is 14.6. The number of carboxylic acids is 1. The Hall–Kier alpha value is -3.32.